The summed E-state index contributed by atoms with van der Waals surface area (Å²) >= 11 is 0. The second-order valence-electron chi connectivity index (χ2n) is 5.64. The zero-order chi connectivity index (χ0) is 14.7. The normalized spacial score (nSPS) is 25.4. The first-order chi connectivity index (χ1) is 9.56. The van der Waals surface area contributed by atoms with E-state index in [1.165, 1.54) is 12.8 Å². The molecule has 1 aromatic carbocycles. The van der Waals surface area contributed by atoms with Crippen LogP contribution in [0.3, 0.4) is 0 Å². The molecule has 110 valence electrons. The molecule has 20 heavy (non-hydrogen) atoms. The summed E-state index contributed by atoms with van der Waals surface area (Å²) in [5.74, 6) is 1.82. The summed E-state index contributed by atoms with van der Waals surface area (Å²) in [6, 6.07) is 5.43. The highest BCUT2D eigenvalue weighted by atomic mass is 16.5. The van der Waals surface area contributed by atoms with Crippen molar-refractivity contribution in [1.82, 2.24) is 5.32 Å². The molecular formula is C16H24N2O2. The Balaban J connectivity index is 2.04. The molecule has 0 saturated heterocycles. The molecule has 3 N–H and O–H groups in total. The predicted octanol–water partition coefficient (Wildman–Crippen LogP) is 2.83. The molecule has 0 heterocycles. The Morgan fingerprint density at radius 1 is 1.45 bits per heavy atom. The summed E-state index contributed by atoms with van der Waals surface area (Å²) in [6.07, 6.45) is 3.45. The number of ether oxygens (including phenoxy) is 1. The van der Waals surface area contributed by atoms with E-state index in [2.05, 4.69) is 19.2 Å². The standard InChI is InChI=1S/C16H24N2O2/c1-4-11-5-7-14(10(11)2)18-16(19)12-6-8-15(20-3)13(17)9-12/h6,8-11,14H,4-5,7,17H2,1-3H3,(H,18,19). The lowest BCUT2D eigenvalue weighted by atomic mass is 9.93. The lowest BCUT2D eigenvalue weighted by molar-refractivity contribution is 0.0926. The van der Waals surface area contributed by atoms with Gasteiger partial charge in [0.2, 0.25) is 0 Å². The summed E-state index contributed by atoms with van der Waals surface area (Å²) in [6.45, 7) is 4.45. The maximum atomic E-state index is 12.3. The smallest absolute Gasteiger partial charge is 0.251 e. The van der Waals surface area contributed by atoms with Crippen LogP contribution in [0.15, 0.2) is 18.2 Å². The van der Waals surface area contributed by atoms with Crippen molar-refractivity contribution in [3.63, 3.8) is 0 Å². The number of hydrogen-bond acceptors (Lipinski definition) is 3. The highest BCUT2D eigenvalue weighted by Crippen LogP contribution is 2.34. The summed E-state index contributed by atoms with van der Waals surface area (Å²) in [4.78, 5) is 12.3. The minimum atomic E-state index is -0.0482. The van der Waals surface area contributed by atoms with Crippen LogP contribution in [0.5, 0.6) is 5.75 Å². The lowest BCUT2D eigenvalue weighted by Gasteiger charge is -2.21. The molecule has 2 rings (SSSR count). The van der Waals surface area contributed by atoms with E-state index in [4.69, 9.17) is 10.5 Å². The average Bonchev–Trinajstić information content (AvgIpc) is 2.79. The van der Waals surface area contributed by atoms with Crippen LogP contribution in [0.4, 0.5) is 5.69 Å². The van der Waals surface area contributed by atoms with Gasteiger partial charge in [-0.3, -0.25) is 4.79 Å². The number of amides is 1. The minimum Gasteiger partial charge on any atom is -0.495 e. The first-order valence-electron chi connectivity index (χ1n) is 7.31. The Labute approximate surface area is 120 Å². The highest BCUT2D eigenvalue weighted by Gasteiger charge is 2.32. The van der Waals surface area contributed by atoms with E-state index in [9.17, 15) is 4.79 Å². The van der Waals surface area contributed by atoms with Gasteiger partial charge in [-0.25, -0.2) is 0 Å². The van der Waals surface area contributed by atoms with E-state index in [0.717, 1.165) is 12.3 Å². The van der Waals surface area contributed by atoms with Gasteiger partial charge in [0.25, 0.3) is 5.91 Å². The molecule has 4 heteroatoms. The third-order valence-electron chi connectivity index (χ3n) is 4.56. The molecule has 4 nitrogen and oxygen atoms in total. The first kappa shape index (κ1) is 14.7. The molecule has 1 aromatic rings. The van der Waals surface area contributed by atoms with E-state index in [1.54, 1.807) is 25.3 Å². The van der Waals surface area contributed by atoms with Gasteiger partial charge in [-0.05, 0) is 42.9 Å². The maximum absolute atomic E-state index is 12.3. The average molecular weight is 276 g/mol. The van der Waals surface area contributed by atoms with Gasteiger partial charge in [0.05, 0.1) is 12.8 Å². The number of nitrogen functional groups attached to an aromatic ring is 1. The monoisotopic (exact) mass is 276 g/mol. The van der Waals surface area contributed by atoms with E-state index in [1.807, 2.05) is 0 Å². The molecule has 0 radical (unpaired) electrons. The number of benzene rings is 1. The second kappa shape index (κ2) is 6.16. The number of hydrogen-bond donors (Lipinski definition) is 2. The van der Waals surface area contributed by atoms with Crippen molar-refractivity contribution in [1.29, 1.82) is 0 Å². The number of carbonyl (C=O) groups is 1. The summed E-state index contributed by atoms with van der Waals surface area (Å²) in [5, 5.41) is 3.14. The van der Waals surface area contributed by atoms with E-state index >= 15 is 0 Å². The van der Waals surface area contributed by atoms with Crippen LogP contribution in [0.2, 0.25) is 0 Å². The van der Waals surface area contributed by atoms with Gasteiger partial charge in [-0.1, -0.05) is 20.3 Å². The Hall–Kier alpha value is -1.71. The van der Waals surface area contributed by atoms with Gasteiger partial charge in [0.15, 0.2) is 0 Å². The van der Waals surface area contributed by atoms with Crippen LogP contribution in [-0.2, 0) is 0 Å². The van der Waals surface area contributed by atoms with Crippen LogP contribution in [0, 0.1) is 11.8 Å². The zero-order valence-electron chi connectivity index (χ0n) is 12.5. The number of nitrogens with one attached hydrogen (secondary N) is 1. The molecule has 1 amide bonds. The third-order valence-corrected chi connectivity index (χ3v) is 4.56. The predicted molar refractivity (Wildman–Crippen MR) is 80.8 cm³/mol. The van der Waals surface area contributed by atoms with Crippen molar-refractivity contribution in [3.8, 4) is 5.75 Å². The Morgan fingerprint density at radius 2 is 2.20 bits per heavy atom. The topological polar surface area (TPSA) is 64.3 Å². The lowest BCUT2D eigenvalue weighted by Crippen LogP contribution is -2.37. The maximum Gasteiger partial charge on any atom is 0.251 e. The third kappa shape index (κ3) is 2.89. The summed E-state index contributed by atoms with van der Waals surface area (Å²) in [5.41, 5.74) is 6.93. The van der Waals surface area contributed by atoms with Gasteiger partial charge in [-0.2, -0.15) is 0 Å². The van der Waals surface area contributed by atoms with E-state index < -0.39 is 0 Å². The molecule has 0 aromatic heterocycles. The van der Waals surface area contributed by atoms with Gasteiger partial charge in [0, 0.05) is 11.6 Å². The van der Waals surface area contributed by atoms with E-state index in [0.29, 0.717) is 22.9 Å². The second-order valence-corrected chi connectivity index (χ2v) is 5.64. The molecule has 1 aliphatic carbocycles. The SMILES string of the molecule is CCC1CCC(NC(=O)c2ccc(OC)c(N)c2)C1C. The fourth-order valence-corrected chi connectivity index (χ4v) is 3.15. The molecule has 0 bridgehead atoms. The molecule has 1 fully saturated rings. The van der Waals surface area contributed by atoms with Gasteiger partial charge >= 0.3 is 0 Å². The highest BCUT2D eigenvalue weighted by molar-refractivity contribution is 5.95. The number of rotatable bonds is 4. The van der Waals surface area contributed by atoms with Crippen LogP contribution in [0.25, 0.3) is 0 Å². The summed E-state index contributed by atoms with van der Waals surface area (Å²) in [7, 11) is 1.57. The molecule has 0 spiro atoms. The van der Waals surface area contributed by atoms with Gasteiger partial charge in [-0.15, -0.1) is 0 Å². The number of methoxy groups -OCH3 is 1. The number of anilines is 1. The molecule has 3 unspecified atom stereocenters. The van der Waals surface area contributed by atoms with Crippen molar-refractivity contribution in [3.05, 3.63) is 23.8 Å². The number of carbonyl (C=O) groups excluding carboxylic acids is 1. The Bertz CT molecular complexity index is 487. The first-order valence-corrected chi connectivity index (χ1v) is 7.31. The molecule has 3 atom stereocenters. The van der Waals surface area contributed by atoms with Crippen LogP contribution >= 0.6 is 0 Å². The largest absolute Gasteiger partial charge is 0.495 e. The van der Waals surface area contributed by atoms with Crippen LogP contribution in [-0.4, -0.2) is 19.1 Å². The van der Waals surface area contributed by atoms with E-state index in [-0.39, 0.29) is 11.9 Å². The summed E-state index contributed by atoms with van der Waals surface area (Å²) < 4.78 is 5.10. The van der Waals surface area contributed by atoms with Crippen LogP contribution < -0.4 is 15.8 Å². The van der Waals surface area contributed by atoms with Crippen molar-refractivity contribution >= 4 is 11.6 Å². The molecule has 0 aliphatic heterocycles. The molecule has 1 aliphatic rings. The van der Waals surface area contributed by atoms with Gasteiger partial charge in [0.1, 0.15) is 5.75 Å². The number of nitrogens with two attached hydrogens (primary N) is 1. The molecular weight excluding hydrogens is 252 g/mol. The van der Waals surface area contributed by atoms with Crippen molar-refractivity contribution in [2.24, 2.45) is 11.8 Å². The van der Waals surface area contributed by atoms with Crippen molar-refractivity contribution in [2.75, 3.05) is 12.8 Å². The van der Waals surface area contributed by atoms with Crippen molar-refractivity contribution < 1.29 is 9.53 Å². The Morgan fingerprint density at radius 3 is 2.75 bits per heavy atom. The molecule has 1 saturated carbocycles. The minimum absolute atomic E-state index is 0.0482. The van der Waals surface area contributed by atoms with Crippen molar-refractivity contribution in [2.45, 2.75) is 39.2 Å². The quantitative estimate of drug-likeness (QED) is 0.831. The van der Waals surface area contributed by atoms with Gasteiger partial charge < -0.3 is 15.8 Å². The fourth-order valence-electron chi connectivity index (χ4n) is 3.15. The fraction of sp³-hybridized carbons (Fsp3) is 0.562. The van der Waals surface area contributed by atoms with Crippen LogP contribution in [0.1, 0.15) is 43.5 Å². The Kier molecular flexibility index (Phi) is 4.53. The zero-order valence-corrected chi connectivity index (χ0v) is 12.5.